The largest absolute Gasteiger partial charge is 0.478 e. The first-order chi connectivity index (χ1) is 16.9. The van der Waals surface area contributed by atoms with Gasteiger partial charge in [0.05, 0.1) is 11.3 Å². The SMILES string of the molecule is O=C(NC[C@@H]1C[C@@H]1C(=O)Nc1cc(F)ccc1C(=O)O)OCC1c2ccccc2-c2ccccc21. The van der Waals surface area contributed by atoms with Crippen molar-refractivity contribution in [2.24, 2.45) is 11.8 Å². The third kappa shape index (κ3) is 4.59. The molecule has 0 unspecified atom stereocenters. The lowest BCUT2D eigenvalue weighted by Gasteiger charge is -2.14. The number of carbonyl (C=O) groups excluding carboxylic acids is 2. The zero-order valence-corrected chi connectivity index (χ0v) is 18.7. The highest BCUT2D eigenvalue weighted by atomic mass is 19.1. The van der Waals surface area contributed by atoms with Gasteiger partial charge in [-0.1, -0.05) is 48.5 Å². The molecule has 3 aromatic carbocycles. The molecule has 35 heavy (non-hydrogen) atoms. The monoisotopic (exact) mass is 474 g/mol. The molecule has 2 aliphatic rings. The van der Waals surface area contributed by atoms with Crippen LogP contribution < -0.4 is 10.6 Å². The van der Waals surface area contributed by atoms with Gasteiger partial charge in [-0.2, -0.15) is 0 Å². The number of benzene rings is 3. The van der Waals surface area contributed by atoms with Gasteiger partial charge in [-0.15, -0.1) is 0 Å². The van der Waals surface area contributed by atoms with Crippen molar-refractivity contribution in [3.8, 4) is 11.1 Å². The second-order valence-electron chi connectivity index (χ2n) is 8.79. The van der Waals surface area contributed by atoms with Gasteiger partial charge < -0.3 is 20.5 Å². The number of carboxylic acid groups (broad SMARTS) is 1. The van der Waals surface area contributed by atoms with Gasteiger partial charge in [0.25, 0.3) is 0 Å². The molecule has 3 N–H and O–H groups in total. The van der Waals surface area contributed by atoms with Crippen molar-refractivity contribution in [2.75, 3.05) is 18.5 Å². The third-order valence-electron chi connectivity index (χ3n) is 6.58. The number of anilines is 1. The Morgan fingerprint density at radius 1 is 0.971 bits per heavy atom. The number of carbonyl (C=O) groups is 3. The number of amides is 2. The Bertz CT molecular complexity index is 1280. The summed E-state index contributed by atoms with van der Waals surface area (Å²) < 4.78 is 19.0. The molecule has 0 saturated heterocycles. The van der Waals surface area contributed by atoms with Crippen LogP contribution in [0.4, 0.5) is 14.9 Å². The van der Waals surface area contributed by atoms with Crippen molar-refractivity contribution in [3.05, 3.63) is 89.2 Å². The molecular formula is C27H23FN2O5. The minimum atomic E-state index is -1.26. The van der Waals surface area contributed by atoms with E-state index in [1.165, 1.54) is 0 Å². The van der Waals surface area contributed by atoms with E-state index in [1.54, 1.807) is 0 Å². The Labute approximate surface area is 200 Å². The summed E-state index contributed by atoms with van der Waals surface area (Å²) in [6.45, 7) is 0.454. The first-order valence-electron chi connectivity index (χ1n) is 11.3. The Morgan fingerprint density at radius 3 is 2.29 bits per heavy atom. The fraction of sp³-hybridized carbons (Fsp3) is 0.222. The highest BCUT2D eigenvalue weighted by molar-refractivity contribution is 6.02. The van der Waals surface area contributed by atoms with E-state index in [2.05, 4.69) is 22.8 Å². The first-order valence-corrected chi connectivity index (χ1v) is 11.3. The molecule has 7 nitrogen and oxygen atoms in total. The van der Waals surface area contributed by atoms with Crippen molar-refractivity contribution in [1.29, 1.82) is 0 Å². The fourth-order valence-electron chi connectivity index (χ4n) is 4.69. The molecular weight excluding hydrogens is 451 g/mol. The number of halogens is 1. The van der Waals surface area contributed by atoms with Crippen molar-refractivity contribution < 1.29 is 28.6 Å². The minimum Gasteiger partial charge on any atom is -0.478 e. The van der Waals surface area contributed by atoms with E-state index in [-0.39, 0.29) is 36.2 Å². The molecule has 3 aromatic rings. The summed E-state index contributed by atoms with van der Waals surface area (Å²) in [5.74, 6) is -2.84. The van der Waals surface area contributed by atoms with Gasteiger partial charge in [0, 0.05) is 18.4 Å². The quantitative estimate of drug-likeness (QED) is 0.463. The number of nitrogens with one attached hydrogen (secondary N) is 2. The molecule has 0 aromatic heterocycles. The summed E-state index contributed by atoms with van der Waals surface area (Å²) in [4.78, 5) is 36.1. The van der Waals surface area contributed by atoms with Gasteiger partial charge in [-0.25, -0.2) is 14.0 Å². The molecule has 0 radical (unpaired) electrons. The molecule has 2 atom stereocenters. The average Bonchev–Trinajstić information content (AvgIpc) is 3.56. The molecule has 8 heteroatoms. The summed E-state index contributed by atoms with van der Waals surface area (Å²) in [5.41, 5.74) is 4.27. The van der Waals surface area contributed by atoms with Crippen LogP contribution in [-0.2, 0) is 9.53 Å². The van der Waals surface area contributed by atoms with E-state index in [9.17, 15) is 23.9 Å². The minimum absolute atomic E-state index is 0.0395. The van der Waals surface area contributed by atoms with E-state index >= 15 is 0 Å². The third-order valence-corrected chi connectivity index (χ3v) is 6.58. The molecule has 0 spiro atoms. The Balaban J connectivity index is 1.12. The standard InChI is InChI=1S/C27H23FN2O5/c28-16-9-10-21(26(32)33)24(12-16)30-25(31)22-11-15(22)13-29-27(34)35-14-23-19-7-3-1-5-17(19)18-6-2-4-8-20(18)23/h1-10,12,15,22-23H,11,13-14H2,(H,29,34)(H,30,31)(H,32,33)/t15-,22-/m0/s1. The van der Waals surface area contributed by atoms with Crippen LogP contribution in [0.15, 0.2) is 66.7 Å². The van der Waals surface area contributed by atoms with Crippen LogP contribution >= 0.6 is 0 Å². The number of carboxylic acids is 1. The van der Waals surface area contributed by atoms with E-state index in [0.717, 1.165) is 40.5 Å². The number of alkyl carbamates (subject to hydrolysis) is 1. The van der Waals surface area contributed by atoms with Crippen molar-refractivity contribution in [2.45, 2.75) is 12.3 Å². The molecule has 2 amide bonds. The normalized spacial score (nSPS) is 17.7. The molecule has 0 aliphatic heterocycles. The van der Waals surface area contributed by atoms with E-state index < -0.39 is 29.7 Å². The summed E-state index contributed by atoms with van der Waals surface area (Å²) in [5, 5.41) is 14.4. The van der Waals surface area contributed by atoms with E-state index in [4.69, 9.17) is 4.74 Å². The highest BCUT2D eigenvalue weighted by Crippen LogP contribution is 2.44. The lowest BCUT2D eigenvalue weighted by Crippen LogP contribution is -2.29. The maximum atomic E-state index is 13.5. The Morgan fingerprint density at radius 2 is 1.63 bits per heavy atom. The van der Waals surface area contributed by atoms with E-state index in [1.807, 2.05) is 36.4 Å². The van der Waals surface area contributed by atoms with Crippen LogP contribution in [-0.4, -0.2) is 36.2 Å². The lowest BCUT2D eigenvalue weighted by molar-refractivity contribution is -0.117. The number of hydrogen-bond donors (Lipinski definition) is 3. The Hall–Kier alpha value is -4.20. The number of fused-ring (bicyclic) bond motifs is 3. The molecule has 2 aliphatic carbocycles. The number of ether oxygens (including phenoxy) is 1. The van der Waals surface area contributed by atoms with Crippen molar-refractivity contribution in [3.63, 3.8) is 0 Å². The van der Waals surface area contributed by atoms with Gasteiger partial charge in [-0.3, -0.25) is 4.79 Å². The van der Waals surface area contributed by atoms with Crippen LogP contribution in [0.25, 0.3) is 11.1 Å². The maximum Gasteiger partial charge on any atom is 0.407 e. The molecule has 0 bridgehead atoms. The van der Waals surface area contributed by atoms with Crippen LogP contribution in [0.1, 0.15) is 33.8 Å². The van der Waals surface area contributed by atoms with Crippen LogP contribution in [0.3, 0.4) is 0 Å². The zero-order chi connectivity index (χ0) is 24.5. The number of rotatable bonds is 7. The molecule has 1 fully saturated rings. The molecule has 5 rings (SSSR count). The number of aromatic carboxylic acids is 1. The second kappa shape index (κ2) is 9.21. The molecule has 0 heterocycles. The average molecular weight is 474 g/mol. The van der Waals surface area contributed by atoms with Gasteiger partial charge in [0.2, 0.25) is 5.91 Å². The summed E-state index contributed by atoms with van der Waals surface area (Å²) in [7, 11) is 0. The van der Waals surface area contributed by atoms with Crippen LogP contribution in [0.5, 0.6) is 0 Å². The highest BCUT2D eigenvalue weighted by Gasteiger charge is 2.43. The summed E-state index contributed by atoms with van der Waals surface area (Å²) >= 11 is 0. The molecule has 1 saturated carbocycles. The van der Waals surface area contributed by atoms with Crippen LogP contribution in [0, 0.1) is 17.7 Å². The number of hydrogen-bond acceptors (Lipinski definition) is 4. The zero-order valence-electron chi connectivity index (χ0n) is 18.7. The van der Waals surface area contributed by atoms with Crippen LogP contribution in [0.2, 0.25) is 0 Å². The smallest absolute Gasteiger partial charge is 0.407 e. The van der Waals surface area contributed by atoms with Gasteiger partial charge in [0.15, 0.2) is 0 Å². The van der Waals surface area contributed by atoms with E-state index in [0.29, 0.717) is 6.42 Å². The molecule has 178 valence electrons. The van der Waals surface area contributed by atoms with Gasteiger partial charge in [0.1, 0.15) is 12.4 Å². The van der Waals surface area contributed by atoms with Crippen molar-refractivity contribution in [1.82, 2.24) is 5.32 Å². The lowest BCUT2D eigenvalue weighted by atomic mass is 9.98. The predicted molar refractivity (Wildman–Crippen MR) is 127 cm³/mol. The maximum absolute atomic E-state index is 13.5. The van der Waals surface area contributed by atoms with Crippen molar-refractivity contribution >= 4 is 23.7 Å². The summed E-state index contributed by atoms with van der Waals surface area (Å²) in [6.07, 6.45) is -0.0241. The first kappa shape index (κ1) is 22.6. The predicted octanol–water partition coefficient (Wildman–Crippen LogP) is 4.64. The van der Waals surface area contributed by atoms with Gasteiger partial charge >= 0.3 is 12.1 Å². The van der Waals surface area contributed by atoms with Gasteiger partial charge in [-0.05, 0) is 52.8 Å². The Kier molecular flexibility index (Phi) is 5.94. The fourth-order valence-corrected chi connectivity index (χ4v) is 4.69. The topological polar surface area (TPSA) is 105 Å². The summed E-state index contributed by atoms with van der Waals surface area (Å²) in [6, 6.07) is 19.3. The second-order valence-corrected chi connectivity index (χ2v) is 8.79.